The number of rotatable bonds is 2. The summed E-state index contributed by atoms with van der Waals surface area (Å²) in [5.74, 6) is 1.90. The van der Waals surface area contributed by atoms with Crippen LogP contribution in [0.15, 0.2) is 24.3 Å². The fraction of sp³-hybridized carbons (Fsp3) is 0.214. The number of ether oxygens (including phenoxy) is 1. The van der Waals surface area contributed by atoms with Crippen LogP contribution in [0.5, 0.6) is 11.6 Å². The van der Waals surface area contributed by atoms with Crippen LogP contribution in [0.2, 0.25) is 0 Å². The van der Waals surface area contributed by atoms with Crippen molar-refractivity contribution in [1.82, 2.24) is 9.97 Å². The van der Waals surface area contributed by atoms with Gasteiger partial charge in [0.2, 0.25) is 5.88 Å². The number of nitrogens with zero attached hydrogens (tertiary/aromatic N) is 3. The highest BCUT2D eigenvalue weighted by molar-refractivity contribution is 5.38. The molecule has 0 aliphatic heterocycles. The third-order valence-electron chi connectivity index (χ3n) is 2.65. The molecule has 0 amide bonds. The normalized spacial score (nSPS) is 9.89. The van der Waals surface area contributed by atoms with Crippen LogP contribution in [-0.4, -0.2) is 9.97 Å². The van der Waals surface area contributed by atoms with Crippen molar-refractivity contribution in [3.8, 4) is 17.7 Å². The molecule has 90 valence electrons. The summed E-state index contributed by atoms with van der Waals surface area (Å²) in [7, 11) is 0. The van der Waals surface area contributed by atoms with Gasteiger partial charge in [0, 0.05) is 11.3 Å². The lowest BCUT2D eigenvalue weighted by Gasteiger charge is -2.09. The summed E-state index contributed by atoms with van der Waals surface area (Å²) in [6.07, 6.45) is 0. The highest BCUT2D eigenvalue weighted by Crippen LogP contribution is 2.24. The van der Waals surface area contributed by atoms with E-state index in [0.717, 1.165) is 11.3 Å². The number of hydrogen-bond donors (Lipinski definition) is 0. The molecule has 0 aliphatic carbocycles. The minimum Gasteiger partial charge on any atom is -0.439 e. The average Bonchev–Trinajstić information content (AvgIpc) is 2.36. The Morgan fingerprint density at radius 1 is 1.06 bits per heavy atom. The summed E-state index contributed by atoms with van der Waals surface area (Å²) in [6, 6.07) is 9.00. The molecule has 0 saturated heterocycles. The molecular weight excluding hydrogens is 226 g/mol. The Morgan fingerprint density at radius 3 is 2.33 bits per heavy atom. The van der Waals surface area contributed by atoms with Gasteiger partial charge < -0.3 is 4.74 Å². The van der Waals surface area contributed by atoms with Gasteiger partial charge in [0.15, 0.2) is 0 Å². The molecule has 2 rings (SSSR count). The Balaban J connectivity index is 2.31. The summed E-state index contributed by atoms with van der Waals surface area (Å²) in [5, 5.41) is 8.72. The predicted molar refractivity (Wildman–Crippen MR) is 67.5 cm³/mol. The molecular formula is C14H13N3O. The zero-order chi connectivity index (χ0) is 13.1. The van der Waals surface area contributed by atoms with Crippen molar-refractivity contribution < 1.29 is 4.74 Å². The SMILES string of the molecule is Cc1nc(C)c(C)c(Oc2ccc(C#N)cc2)n1. The lowest BCUT2D eigenvalue weighted by molar-refractivity contribution is 0.454. The van der Waals surface area contributed by atoms with E-state index < -0.39 is 0 Å². The second kappa shape index (κ2) is 4.84. The highest BCUT2D eigenvalue weighted by Gasteiger charge is 2.08. The van der Waals surface area contributed by atoms with Gasteiger partial charge in [0.1, 0.15) is 11.6 Å². The molecule has 0 saturated carbocycles. The monoisotopic (exact) mass is 239 g/mol. The van der Waals surface area contributed by atoms with Crippen molar-refractivity contribution in [2.75, 3.05) is 0 Å². The van der Waals surface area contributed by atoms with E-state index in [2.05, 4.69) is 16.0 Å². The van der Waals surface area contributed by atoms with E-state index in [9.17, 15) is 0 Å². The molecule has 1 heterocycles. The Morgan fingerprint density at radius 2 is 1.72 bits per heavy atom. The molecule has 0 atom stereocenters. The first-order valence-corrected chi connectivity index (χ1v) is 5.60. The molecule has 2 aromatic rings. The maximum atomic E-state index is 8.72. The third-order valence-corrected chi connectivity index (χ3v) is 2.65. The third kappa shape index (κ3) is 2.46. The van der Waals surface area contributed by atoms with E-state index in [4.69, 9.17) is 10.00 Å². The van der Waals surface area contributed by atoms with Crippen LogP contribution in [0.3, 0.4) is 0 Å². The molecule has 0 spiro atoms. The van der Waals surface area contributed by atoms with Crippen molar-refractivity contribution in [3.05, 3.63) is 46.9 Å². The van der Waals surface area contributed by atoms with Crippen LogP contribution < -0.4 is 4.74 Å². The summed E-state index contributed by atoms with van der Waals surface area (Å²) in [6.45, 7) is 5.68. The van der Waals surface area contributed by atoms with Crippen molar-refractivity contribution in [3.63, 3.8) is 0 Å². The Hall–Kier alpha value is -2.41. The van der Waals surface area contributed by atoms with E-state index in [1.165, 1.54) is 0 Å². The Kier molecular flexibility index (Phi) is 3.24. The number of nitriles is 1. The molecule has 4 nitrogen and oxygen atoms in total. The molecule has 0 N–H and O–H groups in total. The van der Waals surface area contributed by atoms with Crippen LogP contribution in [0, 0.1) is 32.1 Å². The molecule has 0 unspecified atom stereocenters. The van der Waals surface area contributed by atoms with Gasteiger partial charge in [-0.25, -0.2) is 4.98 Å². The summed E-state index contributed by atoms with van der Waals surface area (Å²) >= 11 is 0. The predicted octanol–water partition coefficient (Wildman–Crippen LogP) is 3.07. The van der Waals surface area contributed by atoms with Gasteiger partial charge in [0.05, 0.1) is 11.6 Å². The van der Waals surface area contributed by atoms with Crippen LogP contribution in [0.4, 0.5) is 0 Å². The molecule has 4 heteroatoms. The van der Waals surface area contributed by atoms with Crippen LogP contribution in [-0.2, 0) is 0 Å². The standard InChI is InChI=1S/C14H13N3O/c1-9-10(2)16-11(3)17-14(9)18-13-6-4-12(8-15)5-7-13/h4-7H,1-3H3. The fourth-order valence-corrected chi connectivity index (χ4v) is 1.55. The first kappa shape index (κ1) is 12.1. The first-order valence-electron chi connectivity index (χ1n) is 5.60. The molecule has 18 heavy (non-hydrogen) atoms. The number of aryl methyl sites for hydroxylation is 2. The van der Waals surface area contributed by atoms with Crippen molar-refractivity contribution >= 4 is 0 Å². The number of aromatic nitrogens is 2. The fourth-order valence-electron chi connectivity index (χ4n) is 1.55. The molecule has 0 aliphatic rings. The van der Waals surface area contributed by atoms with Crippen molar-refractivity contribution in [2.24, 2.45) is 0 Å². The van der Waals surface area contributed by atoms with Gasteiger partial charge in [-0.2, -0.15) is 10.2 Å². The van der Waals surface area contributed by atoms with Gasteiger partial charge in [-0.05, 0) is 45.0 Å². The van der Waals surface area contributed by atoms with Crippen LogP contribution in [0.25, 0.3) is 0 Å². The van der Waals surface area contributed by atoms with E-state index >= 15 is 0 Å². The summed E-state index contributed by atoms with van der Waals surface area (Å²) in [4.78, 5) is 8.54. The van der Waals surface area contributed by atoms with Crippen molar-refractivity contribution in [1.29, 1.82) is 5.26 Å². The lowest BCUT2D eigenvalue weighted by atomic mass is 10.2. The van der Waals surface area contributed by atoms with Gasteiger partial charge in [-0.3, -0.25) is 0 Å². The minimum atomic E-state index is 0.560. The molecule has 0 bridgehead atoms. The maximum Gasteiger partial charge on any atom is 0.225 e. The van der Waals surface area contributed by atoms with E-state index in [-0.39, 0.29) is 0 Å². The number of hydrogen-bond acceptors (Lipinski definition) is 4. The molecule has 0 radical (unpaired) electrons. The van der Waals surface area contributed by atoms with E-state index in [1.54, 1.807) is 24.3 Å². The Labute approximate surface area is 106 Å². The van der Waals surface area contributed by atoms with Crippen molar-refractivity contribution in [2.45, 2.75) is 20.8 Å². The molecule has 1 aromatic carbocycles. The summed E-state index contributed by atoms with van der Waals surface area (Å²) in [5.41, 5.74) is 2.44. The van der Waals surface area contributed by atoms with Gasteiger partial charge in [-0.1, -0.05) is 0 Å². The van der Waals surface area contributed by atoms with Crippen LogP contribution in [0.1, 0.15) is 22.6 Å². The van der Waals surface area contributed by atoms with Gasteiger partial charge in [0.25, 0.3) is 0 Å². The second-order valence-corrected chi connectivity index (χ2v) is 4.02. The molecule has 1 aromatic heterocycles. The lowest BCUT2D eigenvalue weighted by Crippen LogP contribution is -1.99. The largest absolute Gasteiger partial charge is 0.439 e. The minimum absolute atomic E-state index is 0.560. The average molecular weight is 239 g/mol. The maximum absolute atomic E-state index is 8.72. The van der Waals surface area contributed by atoms with E-state index in [1.807, 2.05) is 20.8 Å². The zero-order valence-electron chi connectivity index (χ0n) is 10.6. The van der Waals surface area contributed by atoms with Crippen LogP contribution >= 0.6 is 0 Å². The van der Waals surface area contributed by atoms with Gasteiger partial charge >= 0.3 is 0 Å². The summed E-state index contributed by atoms with van der Waals surface area (Å²) < 4.78 is 5.71. The molecule has 0 fully saturated rings. The highest BCUT2D eigenvalue weighted by atomic mass is 16.5. The first-order chi connectivity index (χ1) is 8.60. The zero-order valence-corrected chi connectivity index (χ0v) is 10.6. The number of benzene rings is 1. The smallest absolute Gasteiger partial charge is 0.225 e. The topological polar surface area (TPSA) is 58.8 Å². The van der Waals surface area contributed by atoms with E-state index in [0.29, 0.717) is 23.0 Å². The quantitative estimate of drug-likeness (QED) is 0.808. The van der Waals surface area contributed by atoms with Gasteiger partial charge in [-0.15, -0.1) is 0 Å². The second-order valence-electron chi connectivity index (χ2n) is 4.02. The Bertz CT molecular complexity index is 612.